The van der Waals surface area contributed by atoms with Crippen molar-refractivity contribution >= 4 is 29.5 Å². The van der Waals surface area contributed by atoms with Crippen LogP contribution in [0.3, 0.4) is 0 Å². The molecule has 0 aromatic carbocycles. The summed E-state index contributed by atoms with van der Waals surface area (Å²) in [6.07, 6.45) is 5.07. The first-order valence-corrected chi connectivity index (χ1v) is 24.8. The first kappa shape index (κ1) is 56.3. The molecule has 14 atom stereocenters. The number of Topliss-reactive ketones (excluding diaryl/α,β-unsaturated/α-hetero) is 2. The van der Waals surface area contributed by atoms with E-state index in [-0.39, 0.29) is 56.5 Å². The van der Waals surface area contributed by atoms with Gasteiger partial charge in [0.1, 0.15) is 24.0 Å². The van der Waals surface area contributed by atoms with E-state index in [0.29, 0.717) is 63.6 Å². The van der Waals surface area contributed by atoms with E-state index in [0.717, 1.165) is 36.2 Å². The molecule has 0 spiro atoms. The van der Waals surface area contributed by atoms with Crippen molar-refractivity contribution in [3.05, 3.63) is 23.3 Å². The zero-order chi connectivity index (χ0) is 49.4. The minimum absolute atomic E-state index is 0.0547. The van der Waals surface area contributed by atoms with Gasteiger partial charge in [0, 0.05) is 58.6 Å². The van der Waals surface area contributed by atoms with E-state index >= 15 is 0 Å². The summed E-state index contributed by atoms with van der Waals surface area (Å²) in [5.41, 5.74) is 7.06. The fourth-order valence-electron chi connectivity index (χ4n) is 10.4. The van der Waals surface area contributed by atoms with Crippen LogP contribution in [-0.4, -0.2) is 152 Å². The number of piperidine rings is 1. The summed E-state index contributed by atoms with van der Waals surface area (Å²) in [5.74, 6) is -8.47. The number of carbonyl (C=O) groups is 5. The van der Waals surface area contributed by atoms with E-state index in [1.807, 2.05) is 26.0 Å². The largest absolute Gasteiger partial charge is 0.456 e. The lowest BCUT2D eigenvalue weighted by atomic mass is 9.81. The molecule has 1 saturated carbocycles. The van der Waals surface area contributed by atoms with Crippen molar-refractivity contribution in [3.63, 3.8) is 0 Å². The third kappa shape index (κ3) is 15.6. The highest BCUT2D eigenvalue weighted by molar-refractivity contribution is 6.39. The number of nitrogens with zero attached hydrogens (tertiary/aromatic N) is 1. The predicted octanol–water partition coefficient (Wildman–Crippen LogP) is 4.70. The topological polar surface area (TPSA) is 243 Å². The van der Waals surface area contributed by atoms with Gasteiger partial charge in [-0.1, -0.05) is 51.3 Å². The van der Waals surface area contributed by atoms with Gasteiger partial charge < -0.3 is 59.7 Å². The van der Waals surface area contributed by atoms with Crippen LogP contribution >= 0.6 is 0 Å². The van der Waals surface area contributed by atoms with Crippen LogP contribution in [-0.2, 0) is 47.6 Å². The number of amides is 2. The number of hydrogen-bond acceptors (Lipinski definition) is 15. The van der Waals surface area contributed by atoms with Crippen LogP contribution < -0.4 is 11.1 Å². The number of nitrogens with one attached hydrogen (secondary N) is 1. The molecule has 382 valence electrons. The Morgan fingerprint density at radius 3 is 2.28 bits per heavy atom. The molecule has 0 aromatic rings. The number of aliphatic hydroxyl groups is 3. The fraction of sp³-hybridized carbons (Fsp3) is 0.820. The summed E-state index contributed by atoms with van der Waals surface area (Å²) in [6, 6.07) is -1.19. The van der Waals surface area contributed by atoms with Gasteiger partial charge in [-0.2, -0.15) is 0 Å². The number of alkyl carbamates (subject to hydrolysis) is 1. The average molecular weight is 950 g/mol. The number of cyclic esters (lactones) is 1. The summed E-state index contributed by atoms with van der Waals surface area (Å²) >= 11 is 0. The molecule has 17 heteroatoms. The molecule has 2 bridgehead atoms. The molecule has 67 heavy (non-hydrogen) atoms. The molecular weight excluding hydrogens is 867 g/mol. The van der Waals surface area contributed by atoms with E-state index in [4.69, 9.17) is 34.2 Å². The van der Waals surface area contributed by atoms with Gasteiger partial charge in [0.2, 0.25) is 5.79 Å². The zero-order valence-electron chi connectivity index (χ0n) is 41.5. The number of hydrogen-bond donors (Lipinski definition) is 5. The van der Waals surface area contributed by atoms with Gasteiger partial charge in [-0.05, 0) is 115 Å². The molecule has 1 aliphatic carbocycles. The second-order valence-corrected chi connectivity index (χ2v) is 19.8. The minimum Gasteiger partial charge on any atom is -0.456 e. The average Bonchev–Trinajstić information content (AvgIpc) is 3.30. The van der Waals surface area contributed by atoms with Gasteiger partial charge in [0.15, 0.2) is 0 Å². The van der Waals surface area contributed by atoms with Crippen molar-refractivity contribution in [1.29, 1.82) is 0 Å². The van der Waals surface area contributed by atoms with Crippen LogP contribution in [0.25, 0.3) is 0 Å². The molecule has 4 aliphatic rings. The molecule has 4 rings (SSSR count). The maximum absolute atomic E-state index is 14.5. The Morgan fingerprint density at radius 2 is 1.60 bits per heavy atom. The van der Waals surface area contributed by atoms with E-state index in [1.54, 1.807) is 27.9 Å². The normalized spacial score (nSPS) is 36.5. The Kier molecular flexibility index (Phi) is 22.9. The number of nitrogens with two attached hydrogens (primary N) is 1. The molecule has 17 nitrogen and oxygen atoms in total. The maximum atomic E-state index is 14.5. The molecule has 0 aromatic heterocycles. The summed E-state index contributed by atoms with van der Waals surface area (Å²) in [5, 5.41) is 37.3. The standard InChI is InChI=1S/C50H83N3O14/c1-30-23-31(2)25-42(63-7)45-43(64-8)27-33(4)50(61,67-45)46(57)47(58)53-21-14-11-15-37(53)48(59)66-44(32(3)26-35-16-17-38(54)41(28-35)62-6)34(5)39(55)29-40(56)36(24-30)18-22-65-49(60)52-20-13-10-9-12-19-51/h24,26,31,33-39,41-45,54-55,61H,9-23,25,27-29,51H2,1-8H3,(H,52,60)/b30-24+,32-26+/t31-,33+,34+,35-,36?,37-,38+,39-,41+,42-,43-,44+,45+,50+/m0/s1. The molecule has 1 unspecified atom stereocenters. The number of ketones is 2. The lowest BCUT2D eigenvalue weighted by Gasteiger charge is -2.47. The number of carbonyl (C=O) groups excluding carboxylic acids is 5. The van der Waals surface area contributed by atoms with Crippen molar-refractivity contribution in [2.45, 2.75) is 185 Å². The first-order chi connectivity index (χ1) is 31.9. The van der Waals surface area contributed by atoms with Crippen molar-refractivity contribution in [2.24, 2.45) is 35.3 Å². The summed E-state index contributed by atoms with van der Waals surface area (Å²) in [4.78, 5) is 71.3. The predicted molar refractivity (Wildman–Crippen MR) is 249 cm³/mol. The van der Waals surface area contributed by atoms with Gasteiger partial charge in [-0.15, -0.1) is 0 Å². The number of esters is 1. The van der Waals surface area contributed by atoms with E-state index in [1.165, 1.54) is 14.2 Å². The van der Waals surface area contributed by atoms with Crippen LogP contribution in [0.5, 0.6) is 0 Å². The maximum Gasteiger partial charge on any atom is 0.407 e. The van der Waals surface area contributed by atoms with Crippen molar-refractivity contribution in [2.75, 3.05) is 47.6 Å². The highest BCUT2D eigenvalue weighted by Gasteiger charge is 2.56. The van der Waals surface area contributed by atoms with E-state index in [9.17, 15) is 39.3 Å². The third-order valence-corrected chi connectivity index (χ3v) is 14.5. The fourth-order valence-corrected chi connectivity index (χ4v) is 10.4. The van der Waals surface area contributed by atoms with Crippen LogP contribution in [0.2, 0.25) is 0 Å². The molecule has 3 heterocycles. The van der Waals surface area contributed by atoms with E-state index in [2.05, 4.69) is 5.32 Å². The second kappa shape index (κ2) is 27.2. The number of allylic oxidation sites excluding steroid dienone is 3. The van der Waals surface area contributed by atoms with Crippen LogP contribution in [0.1, 0.15) is 131 Å². The van der Waals surface area contributed by atoms with Gasteiger partial charge in [0.05, 0.1) is 37.1 Å². The van der Waals surface area contributed by atoms with Crippen molar-refractivity contribution < 1.29 is 67.7 Å². The third-order valence-electron chi connectivity index (χ3n) is 14.5. The van der Waals surface area contributed by atoms with E-state index < -0.39 is 96.1 Å². The van der Waals surface area contributed by atoms with Gasteiger partial charge >= 0.3 is 12.1 Å². The quantitative estimate of drug-likeness (QED) is 0.0686. The lowest BCUT2D eigenvalue weighted by Crippen LogP contribution is -2.64. The summed E-state index contributed by atoms with van der Waals surface area (Å²) in [6.45, 7) is 10.1. The minimum atomic E-state index is -2.55. The van der Waals surface area contributed by atoms with Crippen molar-refractivity contribution in [3.8, 4) is 0 Å². The Labute approximate surface area is 398 Å². The Bertz CT molecular complexity index is 1690. The van der Waals surface area contributed by atoms with Crippen molar-refractivity contribution in [1.82, 2.24) is 10.2 Å². The highest BCUT2D eigenvalue weighted by Crippen LogP contribution is 2.39. The van der Waals surface area contributed by atoms with Crippen LogP contribution in [0.15, 0.2) is 23.3 Å². The number of ether oxygens (including phenoxy) is 6. The van der Waals surface area contributed by atoms with Crippen LogP contribution in [0.4, 0.5) is 4.79 Å². The number of rotatable bonds is 14. The SMILES string of the molecule is CO[C@H]1C[C@@H](C)C/C(C)=C/C(CCOC(=O)NCCCCCCN)C(=O)C[C@H](O)[C@@H](C)[C@@H](/C(C)=C/[C@@H]2CC[C@@H](O)[C@H](OC)C2)OC(=O)[C@@H]2CCCCN2C(=O)C(=O)[C@]2(O)O[C@H]1[C@@H](OC)C[C@H]2C. The molecule has 2 amide bonds. The first-order valence-electron chi connectivity index (χ1n) is 24.8. The zero-order valence-corrected chi connectivity index (χ0v) is 41.5. The molecule has 0 radical (unpaired) electrons. The number of methoxy groups -OCH3 is 3. The second-order valence-electron chi connectivity index (χ2n) is 19.8. The molecule has 6 N–H and O–H groups in total. The van der Waals surface area contributed by atoms with Crippen LogP contribution in [0, 0.1) is 29.6 Å². The number of aliphatic hydroxyl groups excluding tert-OH is 2. The van der Waals surface area contributed by atoms with Gasteiger partial charge in [-0.25, -0.2) is 9.59 Å². The highest BCUT2D eigenvalue weighted by atomic mass is 16.7. The summed E-state index contributed by atoms with van der Waals surface area (Å²) < 4.78 is 35.5. The molecule has 3 aliphatic heterocycles. The lowest BCUT2D eigenvalue weighted by molar-refractivity contribution is -0.302. The monoisotopic (exact) mass is 950 g/mol. The molecular formula is C50H83N3O14. The molecule has 3 fully saturated rings. The molecule has 2 saturated heterocycles. The van der Waals surface area contributed by atoms with Gasteiger partial charge in [-0.3, -0.25) is 14.4 Å². The number of fused-ring (bicyclic) bond motifs is 3. The Morgan fingerprint density at radius 1 is 0.910 bits per heavy atom. The Balaban J connectivity index is 1.72. The van der Waals surface area contributed by atoms with Gasteiger partial charge in [0.25, 0.3) is 11.7 Å². The summed E-state index contributed by atoms with van der Waals surface area (Å²) in [7, 11) is 4.56. The smallest absolute Gasteiger partial charge is 0.407 e. The number of unbranched alkanes of at least 4 members (excludes halogenated alkanes) is 3. The Hall–Kier alpha value is -3.29.